The van der Waals surface area contributed by atoms with Gasteiger partial charge in [-0.1, -0.05) is 46.3 Å². The Balaban J connectivity index is 1.57. The fourth-order valence-corrected chi connectivity index (χ4v) is 4.45. The van der Waals surface area contributed by atoms with E-state index in [-0.39, 0.29) is 5.91 Å². The molecular formula is C23H24BrN3OS. The maximum absolute atomic E-state index is 12.1. The van der Waals surface area contributed by atoms with Crippen molar-refractivity contribution in [2.75, 3.05) is 5.75 Å². The van der Waals surface area contributed by atoms with E-state index in [1.807, 2.05) is 24.3 Å². The maximum Gasteiger partial charge on any atom is 0.250 e. The summed E-state index contributed by atoms with van der Waals surface area (Å²) in [5, 5.41) is 4.15. The van der Waals surface area contributed by atoms with Gasteiger partial charge in [-0.15, -0.1) is 11.8 Å². The predicted octanol–water partition coefficient (Wildman–Crippen LogP) is 5.55. The smallest absolute Gasteiger partial charge is 0.250 e. The molecule has 0 saturated heterocycles. The zero-order valence-electron chi connectivity index (χ0n) is 16.8. The van der Waals surface area contributed by atoms with E-state index >= 15 is 0 Å². The summed E-state index contributed by atoms with van der Waals surface area (Å²) in [5.41, 5.74) is 9.40. The monoisotopic (exact) mass is 469 g/mol. The van der Waals surface area contributed by atoms with Gasteiger partial charge in [-0.25, -0.2) is 5.43 Å². The van der Waals surface area contributed by atoms with Crippen molar-refractivity contribution >= 4 is 39.8 Å². The highest BCUT2D eigenvalue weighted by Crippen LogP contribution is 2.22. The lowest BCUT2D eigenvalue weighted by Crippen LogP contribution is -2.19. The molecule has 0 atom stereocenters. The fraction of sp³-hybridized carbons (Fsp3) is 0.217. The SMILES string of the molecule is Cc1ccccc1CSCC(=O)N/N=C/c1cc(C)n(-c2cccc(Br)c2)c1C. The predicted molar refractivity (Wildman–Crippen MR) is 126 cm³/mol. The molecule has 4 nitrogen and oxygen atoms in total. The number of hydrazone groups is 1. The van der Waals surface area contributed by atoms with Crippen molar-refractivity contribution in [3.8, 4) is 5.69 Å². The molecule has 0 fully saturated rings. The van der Waals surface area contributed by atoms with Crippen LogP contribution >= 0.6 is 27.7 Å². The van der Waals surface area contributed by atoms with Gasteiger partial charge in [-0.3, -0.25) is 4.79 Å². The number of hydrogen-bond acceptors (Lipinski definition) is 3. The second-order valence-corrected chi connectivity index (χ2v) is 8.76. The highest BCUT2D eigenvalue weighted by Gasteiger charge is 2.10. The van der Waals surface area contributed by atoms with Crippen LogP contribution in [0, 0.1) is 20.8 Å². The van der Waals surface area contributed by atoms with Crippen LogP contribution in [0.25, 0.3) is 5.69 Å². The molecule has 150 valence electrons. The Morgan fingerprint density at radius 1 is 1.14 bits per heavy atom. The molecule has 0 radical (unpaired) electrons. The van der Waals surface area contributed by atoms with E-state index in [4.69, 9.17) is 0 Å². The second kappa shape index (κ2) is 9.94. The van der Waals surface area contributed by atoms with Gasteiger partial charge in [-0.2, -0.15) is 5.10 Å². The van der Waals surface area contributed by atoms with E-state index in [2.05, 4.69) is 82.1 Å². The third-order valence-electron chi connectivity index (χ3n) is 4.68. The van der Waals surface area contributed by atoms with Crippen LogP contribution in [0.3, 0.4) is 0 Å². The summed E-state index contributed by atoms with van der Waals surface area (Å²) in [5.74, 6) is 1.10. The van der Waals surface area contributed by atoms with E-state index < -0.39 is 0 Å². The Labute approximate surface area is 184 Å². The number of thioether (sulfide) groups is 1. The van der Waals surface area contributed by atoms with E-state index in [0.717, 1.165) is 32.9 Å². The van der Waals surface area contributed by atoms with Crippen LogP contribution in [0.4, 0.5) is 0 Å². The Morgan fingerprint density at radius 2 is 1.93 bits per heavy atom. The molecule has 1 heterocycles. The van der Waals surface area contributed by atoms with Crippen LogP contribution in [0.5, 0.6) is 0 Å². The minimum absolute atomic E-state index is 0.0966. The minimum atomic E-state index is -0.0966. The molecule has 0 bridgehead atoms. The molecule has 1 amide bonds. The minimum Gasteiger partial charge on any atom is -0.318 e. The summed E-state index contributed by atoms with van der Waals surface area (Å²) in [4.78, 5) is 12.1. The molecule has 0 spiro atoms. The van der Waals surface area contributed by atoms with Gasteiger partial charge in [0, 0.05) is 32.9 Å². The summed E-state index contributed by atoms with van der Waals surface area (Å²) < 4.78 is 3.21. The van der Waals surface area contributed by atoms with Crippen LogP contribution in [-0.2, 0) is 10.5 Å². The lowest BCUT2D eigenvalue weighted by Gasteiger charge is -2.09. The number of halogens is 1. The van der Waals surface area contributed by atoms with Crippen LogP contribution < -0.4 is 5.43 Å². The molecule has 3 aromatic rings. The van der Waals surface area contributed by atoms with Crippen molar-refractivity contribution in [3.63, 3.8) is 0 Å². The standard InChI is InChI=1S/C23H24BrN3OS/c1-16-7-4-5-8-19(16)14-29-15-23(28)26-25-13-20-11-17(2)27(18(20)3)22-10-6-9-21(24)12-22/h4-13H,14-15H2,1-3H3,(H,26,28)/b25-13+. The molecule has 1 aromatic heterocycles. The number of amides is 1. The molecular weight excluding hydrogens is 446 g/mol. The molecule has 6 heteroatoms. The first-order valence-electron chi connectivity index (χ1n) is 9.34. The van der Waals surface area contributed by atoms with Gasteiger partial charge in [0.05, 0.1) is 12.0 Å². The summed E-state index contributed by atoms with van der Waals surface area (Å²) in [6, 6.07) is 18.5. The fourth-order valence-electron chi connectivity index (χ4n) is 3.16. The molecule has 0 aliphatic heterocycles. The van der Waals surface area contributed by atoms with Gasteiger partial charge >= 0.3 is 0 Å². The Kier molecular flexibility index (Phi) is 7.34. The van der Waals surface area contributed by atoms with Crippen LogP contribution in [0.15, 0.2) is 64.2 Å². The molecule has 0 aliphatic carbocycles. The number of aromatic nitrogens is 1. The summed E-state index contributed by atoms with van der Waals surface area (Å²) in [6.45, 7) is 6.20. The van der Waals surface area contributed by atoms with E-state index in [0.29, 0.717) is 5.75 Å². The van der Waals surface area contributed by atoms with Crippen LogP contribution in [0.1, 0.15) is 28.1 Å². The van der Waals surface area contributed by atoms with Gasteiger partial charge < -0.3 is 4.57 Å². The summed E-state index contributed by atoms with van der Waals surface area (Å²) in [6.07, 6.45) is 1.71. The van der Waals surface area contributed by atoms with Crippen molar-refractivity contribution in [2.45, 2.75) is 26.5 Å². The average molecular weight is 470 g/mol. The molecule has 29 heavy (non-hydrogen) atoms. The van der Waals surface area contributed by atoms with Crippen molar-refractivity contribution in [1.82, 2.24) is 9.99 Å². The first-order chi connectivity index (χ1) is 14.0. The Bertz CT molecular complexity index is 1040. The van der Waals surface area contributed by atoms with Gasteiger partial charge in [0.2, 0.25) is 5.91 Å². The van der Waals surface area contributed by atoms with Gasteiger partial charge in [-0.05, 0) is 56.2 Å². The molecule has 0 aliphatic rings. The van der Waals surface area contributed by atoms with Gasteiger partial charge in [0.1, 0.15) is 0 Å². The normalized spacial score (nSPS) is 11.2. The maximum atomic E-state index is 12.1. The van der Waals surface area contributed by atoms with Crippen molar-refractivity contribution < 1.29 is 4.79 Å². The lowest BCUT2D eigenvalue weighted by molar-refractivity contribution is -0.118. The Hall–Kier alpha value is -2.31. The first kappa shape index (κ1) is 21.4. The number of benzene rings is 2. The van der Waals surface area contributed by atoms with E-state index in [1.54, 1.807) is 18.0 Å². The second-order valence-electron chi connectivity index (χ2n) is 6.85. The number of carbonyl (C=O) groups excluding carboxylic acids is 1. The molecule has 1 N–H and O–H groups in total. The highest BCUT2D eigenvalue weighted by molar-refractivity contribution is 9.10. The van der Waals surface area contributed by atoms with Crippen molar-refractivity contribution in [1.29, 1.82) is 0 Å². The van der Waals surface area contributed by atoms with Gasteiger partial charge in [0.15, 0.2) is 0 Å². The van der Waals surface area contributed by atoms with E-state index in [1.165, 1.54) is 11.1 Å². The number of rotatable bonds is 7. The number of aryl methyl sites for hydroxylation is 2. The number of hydrogen-bond donors (Lipinski definition) is 1. The van der Waals surface area contributed by atoms with Gasteiger partial charge in [0.25, 0.3) is 0 Å². The topological polar surface area (TPSA) is 46.4 Å². The zero-order chi connectivity index (χ0) is 20.8. The zero-order valence-corrected chi connectivity index (χ0v) is 19.2. The van der Waals surface area contributed by atoms with Crippen molar-refractivity contribution in [2.24, 2.45) is 5.10 Å². The summed E-state index contributed by atoms with van der Waals surface area (Å²) >= 11 is 5.11. The Morgan fingerprint density at radius 3 is 2.69 bits per heavy atom. The average Bonchev–Trinajstić information content (AvgIpc) is 2.97. The molecule has 0 saturated carbocycles. The number of nitrogens with one attached hydrogen (secondary N) is 1. The third-order valence-corrected chi connectivity index (χ3v) is 6.16. The van der Waals surface area contributed by atoms with Crippen molar-refractivity contribution in [3.05, 3.63) is 87.1 Å². The third kappa shape index (κ3) is 5.61. The molecule has 3 rings (SSSR count). The number of carbonyl (C=O) groups is 1. The highest BCUT2D eigenvalue weighted by atomic mass is 79.9. The van der Waals surface area contributed by atoms with Crippen LogP contribution in [0.2, 0.25) is 0 Å². The molecule has 0 unspecified atom stereocenters. The largest absolute Gasteiger partial charge is 0.318 e. The lowest BCUT2D eigenvalue weighted by atomic mass is 10.1. The van der Waals surface area contributed by atoms with Crippen LogP contribution in [-0.4, -0.2) is 22.4 Å². The summed E-state index contributed by atoms with van der Waals surface area (Å²) in [7, 11) is 0. The first-order valence-corrected chi connectivity index (χ1v) is 11.3. The molecule has 2 aromatic carbocycles. The van der Waals surface area contributed by atoms with E-state index in [9.17, 15) is 4.79 Å². The quantitative estimate of drug-likeness (QED) is 0.364. The number of nitrogens with zero attached hydrogens (tertiary/aromatic N) is 2.